The summed E-state index contributed by atoms with van der Waals surface area (Å²) in [6.45, 7) is 1.82. The number of rotatable bonds is 2. The molecule has 13 heavy (non-hydrogen) atoms. The first-order valence-electron chi connectivity index (χ1n) is 3.60. The summed E-state index contributed by atoms with van der Waals surface area (Å²) in [6.07, 6.45) is 1.52. The van der Waals surface area contributed by atoms with E-state index in [1.165, 1.54) is 6.26 Å². The van der Waals surface area contributed by atoms with Gasteiger partial charge in [-0.3, -0.25) is 0 Å². The third-order valence-electron chi connectivity index (χ3n) is 1.39. The van der Waals surface area contributed by atoms with E-state index in [9.17, 15) is 0 Å². The van der Waals surface area contributed by atoms with Crippen LogP contribution in [-0.2, 0) is 5.88 Å². The van der Waals surface area contributed by atoms with Gasteiger partial charge in [0.15, 0.2) is 0 Å². The van der Waals surface area contributed by atoms with Gasteiger partial charge in [0.2, 0.25) is 5.89 Å². The van der Waals surface area contributed by atoms with Gasteiger partial charge in [-0.1, -0.05) is 5.16 Å². The van der Waals surface area contributed by atoms with E-state index in [0.717, 1.165) is 5.69 Å². The van der Waals surface area contributed by atoms with E-state index >= 15 is 0 Å². The first-order chi connectivity index (χ1) is 6.29. The first-order valence-corrected chi connectivity index (χ1v) is 4.14. The Labute approximate surface area is 78.7 Å². The molecule has 2 rings (SSSR count). The van der Waals surface area contributed by atoms with Gasteiger partial charge in [-0.2, -0.15) is 4.98 Å². The molecule has 5 nitrogen and oxygen atoms in total. The molecule has 0 saturated carbocycles. The third-order valence-corrected chi connectivity index (χ3v) is 1.62. The standard InChI is InChI=1S/C7H6ClN3O2/c1-4-3-12-7(9-4)6-10-5(2-8)13-11-6/h3H,2H2,1H3. The van der Waals surface area contributed by atoms with E-state index < -0.39 is 0 Å². The lowest BCUT2D eigenvalue weighted by Crippen LogP contribution is -1.81. The summed E-state index contributed by atoms with van der Waals surface area (Å²) in [4.78, 5) is 7.98. The van der Waals surface area contributed by atoms with Gasteiger partial charge in [-0.15, -0.1) is 11.6 Å². The van der Waals surface area contributed by atoms with Crippen molar-refractivity contribution >= 4 is 11.6 Å². The summed E-state index contributed by atoms with van der Waals surface area (Å²) in [6, 6.07) is 0. The summed E-state index contributed by atoms with van der Waals surface area (Å²) in [7, 11) is 0. The van der Waals surface area contributed by atoms with Gasteiger partial charge < -0.3 is 8.94 Å². The molecule has 0 atom stereocenters. The molecular formula is C7H6ClN3O2. The lowest BCUT2D eigenvalue weighted by atomic mass is 10.5. The fourth-order valence-electron chi connectivity index (χ4n) is 0.853. The molecule has 0 unspecified atom stereocenters. The zero-order valence-electron chi connectivity index (χ0n) is 6.82. The lowest BCUT2D eigenvalue weighted by molar-refractivity contribution is 0.389. The number of nitrogens with zero attached hydrogens (tertiary/aromatic N) is 3. The Kier molecular flexibility index (Phi) is 2.02. The van der Waals surface area contributed by atoms with Crippen molar-refractivity contribution in [3.63, 3.8) is 0 Å². The quantitative estimate of drug-likeness (QED) is 0.690. The van der Waals surface area contributed by atoms with E-state index in [4.69, 9.17) is 20.5 Å². The zero-order chi connectivity index (χ0) is 9.26. The molecule has 0 aliphatic carbocycles. The molecule has 68 valence electrons. The minimum Gasteiger partial charge on any atom is -0.442 e. The number of aromatic nitrogens is 3. The van der Waals surface area contributed by atoms with E-state index in [1.54, 1.807) is 0 Å². The topological polar surface area (TPSA) is 65.0 Å². The lowest BCUT2D eigenvalue weighted by Gasteiger charge is -1.80. The molecule has 6 heteroatoms. The predicted octanol–water partition coefficient (Wildman–Crippen LogP) is 1.77. The molecule has 0 N–H and O–H groups in total. The Bertz CT molecular complexity index is 409. The van der Waals surface area contributed by atoms with Crippen molar-refractivity contribution in [3.8, 4) is 11.7 Å². The summed E-state index contributed by atoms with van der Waals surface area (Å²) >= 11 is 5.49. The van der Waals surface area contributed by atoms with Crippen LogP contribution in [0.3, 0.4) is 0 Å². The van der Waals surface area contributed by atoms with Gasteiger partial charge >= 0.3 is 0 Å². The number of hydrogen-bond donors (Lipinski definition) is 0. The smallest absolute Gasteiger partial charge is 0.268 e. The summed E-state index contributed by atoms with van der Waals surface area (Å²) in [5.41, 5.74) is 0.771. The van der Waals surface area contributed by atoms with Gasteiger partial charge in [0.25, 0.3) is 11.7 Å². The highest BCUT2D eigenvalue weighted by Crippen LogP contribution is 2.14. The highest BCUT2D eigenvalue weighted by atomic mass is 35.5. The molecule has 2 heterocycles. The van der Waals surface area contributed by atoms with Crippen molar-refractivity contribution in [2.24, 2.45) is 0 Å². The van der Waals surface area contributed by atoms with Gasteiger partial charge in [-0.05, 0) is 6.92 Å². The molecule has 0 amide bonds. The van der Waals surface area contributed by atoms with Crippen molar-refractivity contribution in [1.29, 1.82) is 0 Å². The van der Waals surface area contributed by atoms with Crippen molar-refractivity contribution in [3.05, 3.63) is 17.8 Å². The van der Waals surface area contributed by atoms with Gasteiger partial charge in [0.05, 0.1) is 5.69 Å². The average Bonchev–Trinajstić information content (AvgIpc) is 2.71. The van der Waals surface area contributed by atoms with Crippen LogP contribution < -0.4 is 0 Å². The van der Waals surface area contributed by atoms with Crippen molar-refractivity contribution in [2.75, 3.05) is 0 Å². The first kappa shape index (κ1) is 8.25. The van der Waals surface area contributed by atoms with Crippen molar-refractivity contribution < 1.29 is 8.94 Å². The van der Waals surface area contributed by atoms with Crippen LogP contribution in [0.2, 0.25) is 0 Å². The van der Waals surface area contributed by atoms with Crippen molar-refractivity contribution in [2.45, 2.75) is 12.8 Å². The SMILES string of the molecule is Cc1coc(-c2noc(CCl)n2)n1. The molecule has 0 aromatic carbocycles. The number of aryl methyl sites for hydroxylation is 1. The fraction of sp³-hybridized carbons (Fsp3) is 0.286. The largest absolute Gasteiger partial charge is 0.442 e. The minimum absolute atomic E-state index is 0.187. The molecule has 0 bridgehead atoms. The van der Waals surface area contributed by atoms with Crippen LogP contribution >= 0.6 is 11.6 Å². The molecule has 0 aliphatic heterocycles. The van der Waals surface area contributed by atoms with Gasteiger partial charge in [-0.25, -0.2) is 4.98 Å². The van der Waals surface area contributed by atoms with Crippen LogP contribution in [0.15, 0.2) is 15.2 Å². The Morgan fingerprint density at radius 2 is 2.31 bits per heavy atom. The highest BCUT2D eigenvalue weighted by molar-refractivity contribution is 6.16. The molecule has 0 radical (unpaired) electrons. The summed E-state index contributed by atoms with van der Waals surface area (Å²) in [5, 5.41) is 3.64. The van der Waals surface area contributed by atoms with Crippen LogP contribution in [0, 0.1) is 6.92 Å². The molecule has 0 aliphatic rings. The van der Waals surface area contributed by atoms with Gasteiger partial charge in [0.1, 0.15) is 12.1 Å². The Morgan fingerprint density at radius 3 is 2.85 bits per heavy atom. The Balaban J connectivity index is 2.35. The highest BCUT2D eigenvalue weighted by Gasteiger charge is 2.12. The Morgan fingerprint density at radius 1 is 1.46 bits per heavy atom. The second kappa shape index (κ2) is 3.18. The molecule has 2 aromatic rings. The van der Waals surface area contributed by atoms with E-state index in [-0.39, 0.29) is 5.88 Å². The van der Waals surface area contributed by atoms with Crippen molar-refractivity contribution in [1.82, 2.24) is 15.1 Å². The van der Waals surface area contributed by atoms with E-state index in [0.29, 0.717) is 17.6 Å². The molecule has 0 saturated heterocycles. The molecule has 0 fully saturated rings. The van der Waals surface area contributed by atoms with Crippen LogP contribution in [0.25, 0.3) is 11.7 Å². The normalized spacial score (nSPS) is 10.6. The second-order valence-corrected chi connectivity index (χ2v) is 2.71. The number of halogens is 1. The van der Waals surface area contributed by atoms with E-state index in [2.05, 4.69) is 15.1 Å². The minimum atomic E-state index is 0.187. The molecule has 0 spiro atoms. The molecular weight excluding hydrogens is 194 g/mol. The summed E-state index contributed by atoms with van der Waals surface area (Å²) in [5.74, 6) is 1.21. The van der Waals surface area contributed by atoms with Crippen LogP contribution in [0.4, 0.5) is 0 Å². The maximum Gasteiger partial charge on any atom is 0.268 e. The van der Waals surface area contributed by atoms with Crippen LogP contribution in [0.1, 0.15) is 11.6 Å². The number of alkyl halides is 1. The maximum atomic E-state index is 5.49. The number of hydrogen-bond acceptors (Lipinski definition) is 5. The number of oxazole rings is 1. The fourth-order valence-corrected chi connectivity index (χ4v) is 0.961. The maximum absolute atomic E-state index is 5.49. The average molecular weight is 200 g/mol. The predicted molar refractivity (Wildman–Crippen MR) is 44.1 cm³/mol. The van der Waals surface area contributed by atoms with Crippen LogP contribution in [-0.4, -0.2) is 15.1 Å². The molecule has 2 aromatic heterocycles. The van der Waals surface area contributed by atoms with E-state index in [1.807, 2.05) is 6.92 Å². The summed E-state index contributed by atoms with van der Waals surface area (Å²) < 4.78 is 9.85. The van der Waals surface area contributed by atoms with Crippen LogP contribution in [0.5, 0.6) is 0 Å². The third kappa shape index (κ3) is 1.55. The monoisotopic (exact) mass is 199 g/mol. The second-order valence-electron chi connectivity index (χ2n) is 2.44. The Hall–Kier alpha value is -1.36. The van der Waals surface area contributed by atoms with Gasteiger partial charge in [0, 0.05) is 0 Å². The zero-order valence-corrected chi connectivity index (χ0v) is 7.58.